The highest BCUT2D eigenvalue weighted by Gasteiger charge is 2.25. The van der Waals surface area contributed by atoms with E-state index in [4.69, 9.17) is 19.4 Å². The summed E-state index contributed by atoms with van der Waals surface area (Å²) in [5.41, 5.74) is 2.83. The van der Waals surface area contributed by atoms with Crippen LogP contribution in [0.1, 0.15) is 17.7 Å². The number of hydrogen-bond acceptors (Lipinski definition) is 7. The first-order valence-corrected chi connectivity index (χ1v) is 9.12. The van der Waals surface area contributed by atoms with E-state index in [1.807, 2.05) is 18.0 Å². The number of anilines is 1. The van der Waals surface area contributed by atoms with Crippen LogP contribution in [0.3, 0.4) is 0 Å². The molecule has 27 heavy (non-hydrogen) atoms. The number of aromatic nitrogens is 3. The maximum atomic E-state index is 12.3. The molecule has 0 unspecified atom stereocenters. The Labute approximate surface area is 157 Å². The maximum absolute atomic E-state index is 12.3. The highest BCUT2D eigenvalue weighted by atomic mass is 16.5. The number of carbonyl (C=O) groups excluding carboxylic acids is 1. The summed E-state index contributed by atoms with van der Waals surface area (Å²) < 4.78 is 10.4. The van der Waals surface area contributed by atoms with E-state index >= 15 is 0 Å². The van der Waals surface area contributed by atoms with Crippen molar-refractivity contribution in [3.63, 3.8) is 0 Å². The lowest BCUT2D eigenvalue weighted by molar-refractivity contribution is -0.123. The van der Waals surface area contributed by atoms with Gasteiger partial charge in [0, 0.05) is 30.6 Å². The third-order valence-corrected chi connectivity index (χ3v) is 4.85. The molecule has 1 amide bonds. The predicted octanol–water partition coefficient (Wildman–Crippen LogP) is 0.987. The molecule has 0 saturated carbocycles. The van der Waals surface area contributed by atoms with Crippen molar-refractivity contribution in [1.29, 1.82) is 0 Å². The van der Waals surface area contributed by atoms with Crippen LogP contribution in [-0.2, 0) is 22.4 Å². The Morgan fingerprint density at radius 1 is 1.37 bits per heavy atom. The number of fused-ring (bicyclic) bond motifs is 1. The van der Waals surface area contributed by atoms with Gasteiger partial charge in [-0.2, -0.15) is 0 Å². The topological polar surface area (TPSA) is 89.5 Å². The first-order valence-electron chi connectivity index (χ1n) is 9.12. The fourth-order valence-corrected chi connectivity index (χ4v) is 3.39. The third kappa shape index (κ3) is 3.71. The van der Waals surface area contributed by atoms with Crippen LogP contribution < -0.4 is 15.0 Å². The third-order valence-electron chi connectivity index (χ3n) is 4.85. The molecule has 3 heterocycles. The Bertz CT molecular complexity index is 853. The lowest BCUT2D eigenvalue weighted by Crippen LogP contribution is -2.51. The number of pyridine rings is 1. The minimum atomic E-state index is -0.0304. The van der Waals surface area contributed by atoms with Crippen molar-refractivity contribution in [2.75, 3.05) is 38.8 Å². The van der Waals surface area contributed by atoms with E-state index in [0.717, 1.165) is 36.3 Å². The molecule has 8 heteroatoms. The Morgan fingerprint density at radius 3 is 2.96 bits per heavy atom. The number of likely N-dealkylation sites (N-methyl/N-ethyl adjacent to an activating group) is 1. The van der Waals surface area contributed by atoms with E-state index < -0.39 is 0 Å². The van der Waals surface area contributed by atoms with Crippen LogP contribution in [0.2, 0.25) is 0 Å². The second-order valence-corrected chi connectivity index (χ2v) is 6.89. The number of ether oxygens (including phenoxy) is 2. The van der Waals surface area contributed by atoms with Gasteiger partial charge in [0.1, 0.15) is 17.3 Å². The van der Waals surface area contributed by atoms with Crippen LogP contribution in [0.15, 0.2) is 18.3 Å². The van der Waals surface area contributed by atoms with Crippen molar-refractivity contribution in [3.8, 4) is 17.3 Å². The molecule has 2 aromatic heterocycles. The SMILES string of the molecule is COc1ccnc(-c2nc3c(c(N(C)CC(=O)NC4COC4)n2)CCC3)c1. The van der Waals surface area contributed by atoms with Crippen LogP contribution >= 0.6 is 0 Å². The summed E-state index contributed by atoms with van der Waals surface area (Å²) in [5, 5.41) is 2.97. The van der Waals surface area contributed by atoms with Crippen molar-refractivity contribution < 1.29 is 14.3 Å². The van der Waals surface area contributed by atoms with Crippen LogP contribution in [-0.4, -0.2) is 60.8 Å². The molecule has 142 valence electrons. The number of hydrogen-bond donors (Lipinski definition) is 1. The van der Waals surface area contributed by atoms with Crippen LogP contribution in [0.4, 0.5) is 5.82 Å². The standard InChI is InChI=1S/C19H23N5O3/c1-24(9-17(25)21-12-10-27-11-12)19-14-4-3-5-15(14)22-18(23-19)16-8-13(26-2)6-7-20-16/h6-8,12H,3-5,9-11H2,1-2H3,(H,21,25). The number of rotatable bonds is 6. The van der Waals surface area contributed by atoms with Gasteiger partial charge < -0.3 is 19.7 Å². The van der Waals surface area contributed by atoms with E-state index in [2.05, 4.69) is 10.3 Å². The lowest BCUT2D eigenvalue weighted by Gasteiger charge is -2.28. The number of methoxy groups -OCH3 is 1. The van der Waals surface area contributed by atoms with Gasteiger partial charge >= 0.3 is 0 Å². The predicted molar refractivity (Wildman–Crippen MR) is 99.9 cm³/mol. The summed E-state index contributed by atoms with van der Waals surface area (Å²) in [6, 6.07) is 3.74. The summed E-state index contributed by atoms with van der Waals surface area (Å²) >= 11 is 0. The number of carbonyl (C=O) groups is 1. The van der Waals surface area contributed by atoms with Crippen molar-refractivity contribution in [2.24, 2.45) is 0 Å². The molecule has 1 saturated heterocycles. The second-order valence-electron chi connectivity index (χ2n) is 6.89. The summed E-state index contributed by atoms with van der Waals surface area (Å²) in [5.74, 6) is 2.04. The summed E-state index contributed by atoms with van der Waals surface area (Å²) in [4.78, 5) is 28.0. The molecule has 1 aliphatic heterocycles. The maximum Gasteiger partial charge on any atom is 0.239 e. The molecular weight excluding hydrogens is 346 g/mol. The molecule has 0 atom stereocenters. The van der Waals surface area contributed by atoms with Gasteiger partial charge in [0.25, 0.3) is 0 Å². The largest absolute Gasteiger partial charge is 0.497 e. The quantitative estimate of drug-likeness (QED) is 0.812. The van der Waals surface area contributed by atoms with Crippen molar-refractivity contribution in [3.05, 3.63) is 29.6 Å². The van der Waals surface area contributed by atoms with E-state index in [1.165, 1.54) is 0 Å². The molecular formula is C19H23N5O3. The molecule has 4 rings (SSSR count). The van der Waals surface area contributed by atoms with E-state index in [9.17, 15) is 4.79 Å². The number of amides is 1. The van der Waals surface area contributed by atoms with Gasteiger partial charge in [-0.15, -0.1) is 0 Å². The van der Waals surface area contributed by atoms with Gasteiger partial charge in [0.05, 0.1) is 32.9 Å². The van der Waals surface area contributed by atoms with Crippen LogP contribution in [0.5, 0.6) is 5.75 Å². The fraction of sp³-hybridized carbons (Fsp3) is 0.474. The van der Waals surface area contributed by atoms with Gasteiger partial charge in [-0.3, -0.25) is 9.78 Å². The Balaban J connectivity index is 1.61. The molecule has 8 nitrogen and oxygen atoms in total. The molecule has 1 N–H and O–H groups in total. The average Bonchev–Trinajstić information content (AvgIpc) is 3.12. The van der Waals surface area contributed by atoms with E-state index in [0.29, 0.717) is 30.5 Å². The molecule has 0 radical (unpaired) electrons. The first-order chi connectivity index (χ1) is 13.1. The zero-order valence-corrected chi connectivity index (χ0v) is 15.6. The first kappa shape index (κ1) is 17.7. The molecule has 0 aromatic carbocycles. The molecule has 2 aromatic rings. The number of nitrogens with one attached hydrogen (secondary N) is 1. The zero-order valence-electron chi connectivity index (χ0n) is 15.6. The normalized spacial score (nSPS) is 15.8. The van der Waals surface area contributed by atoms with E-state index in [-0.39, 0.29) is 18.5 Å². The van der Waals surface area contributed by atoms with Crippen molar-refractivity contribution >= 4 is 11.7 Å². The van der Waals surface area contributed by atoms with Crippen LogP contribution in [0, 0.1) is 0 Å². The van der Waals surface area contributed by atoms with Crippen LogP contribution in [0.25, 0.3) is 11.5 Å². The lowest BCUT2D eigenvalue weighted by atomic mass is 10.2. The molecule has 0 bridgehead atoms. The van der Waals surface area contributed by atoms with Gasteiger partial charge in [-0.25, -0.2) is 9.97 Å². The number of aryl methyl sites for hydroxylation is 1. The van der Waals surface area contributed by atoms with Gasteiger partial charge in [0.15, 0.2) is 5.82 Å². The Kier molecular flexibility index (Phi) is 4.89. The highest BCUT2D eigenvalue weighted by Crippen LogP contribution is 2.31. The summed E-state index contributed by atoms with van der Waals surface area (Å²) in [7, 11) is 3.51. The zero-order chi connectivity index (χ0) is 18.8. The van der Waals surface area contributed by atoms with Gasteiger partial charge in [-0.1, -0.05) is 0 Å². The fourth-order valence-electron chi connectivity index (χ4n) is 3.39. The second kappa shape index (κ2) is 7.48. The average molecular weight is 369 g/mol. The monoisotopic (exact) mass is 369 g/mol. The molecule has 1 aliphatic carbocycles. The number of nitrogens with zero attached hydrogens (tertiary/aromatic N) is 4. The molecule has 1 fully saturated rings. The molecule has 0 spiro atoms. The summed E-state index contributed by atoms with van der Waals surface area (Å²) in [6.07, 6.45) is 4.58. The Morgan fingerprint density at radius 2 is 2.22 bits per heavy atom. The highest BCUT2D eigenvalue weighted by molar-refractivity contribution is 5.81. The summed E-state index contributed by atoms with van der Waals surface area (Å²) in [6.45, 7) is 1.42. The molecule has 2 aliphatic rings. The Hall–Kier alpha value is -2.74. The van der Waals surface area contributed by atoms with Gasteiger partial charge in [0.2, 0.25) is 5.91 Å². The minimum Gasteiger partial charge on any atom is -0.497 e. The van der Waals surface area contributed by atoms with Gasteiger partial charge in [-0.05, 0) is 25.3 Å². The van der Waals surface area contributed by atoms with Crippen molar-refractivity contribution in [2.45, 2.75) is 25.3 Å². The van der Waals surface area contributed by atoms with E-state index in [1.54, 1.807) is 19.4 Å². The smallest absolute Gasteiger partial charge is 0.239 e. The van der Waals surface area contributed by atoms with Crippen molar-refractivity contribution in [1.82, 2.24) is 20.3 Å². The minimum absolute atomic E-state index is 0.0304.